The van der Waals surface area contributed by atoms with Gasteiger partial charge < -0.3 is 10.1 Å². The first-order valence-corrected chi connectivity index (χ1v) is 8.03. The first kappa shape index (κ1) is 14.9. The Labute approximate surface area is 120 Å². The van der Waals surface area contributed by atoms with Crippen molar-refractivity contribution in [2.75, 3.05) is 7.11 Å². The molecule has 1 unspecified atom stereocenters. The van der Waals surface area contributed by atoms with E-state index < -0.39 is 0 Å². The van der Waals surface area contributed by atoms with Crippen molar-refractivity contribution in [3.05, 3.63) is 15.6 Å². The lowest BCUT2D eigenvalue weighted by Gasteiger charge is -2.18. The fourth-order valence-electron chi connectivity index (χ4n) is 2.18. The molecule has 0 bridgehead atoms. The average molecular weight is 282 g/mol. The second-order valence-electron chi connectivity index (χ2n) is 6.36. The van der Waals surface area contributed by atoms with Crippen LogP contribution in [0.2, 0.25) is 0 Å². The molecule has 0 amide bonds. The van der Waals surface area contributed by atoms with Gasteiger partial charge in [-0.3, -0.25) is 0 Å². The molecular formula is C15H26N2OS. The summed E-state index contributed by atoms with van der Waals surface area (Å²) in [6, 6.07) is 0.739. The van der Waals surface area contributed by atoms with Gasteiger partial charge in [0.2, 0.25) is 0 Å². The number of thiazole rings is 1. The number of hydrogen-bond acceptors (Lipinski definition) is 4. The molecule has 1 heterocycles. The SMILES string of the molecule is CCC(OC)c1nc(C(C)(C)C)c(CNC2CC2)s1. The molecule has 1 saturated carbocycles. The third kappa shape index (κ3) is 3.77. The van der Waals surface area contributed by atoms with E-state index in [2.05, 4.69) is 33.0 Å². The minimum atomic E-state index is 0.0986. The summed E-state index contributed by atoms with van der Waals surface area (Å²) in [6.07, 6.45) is 3.77. The van der Waals surface area contributed by atoms with Crippen molar-refractivity contribution in [2.24, 2.45) is 0 Å². The maximum Gasteiger partial charge on any atom is 0.122 e. The van der Waals surface area contributed by atoms with Crippen LogP contribution in [0.15, 0.2) is 0 Å². The molecule has 1 aromatic heterocycles. The number of nitrogens with one attached hydrogen (secondary N) is 1. The van der Waals surface area contributed by atoms with E-state index >= 15 is 0 Å². The summed E-state index contributed by atoms with van der Waals surface area (Å²) in [7, 11) is 1.77. The maximum atomic E-state index is 5.53. The maximum absolute atomic E-state index is 5.53. The lowest BCUT2D eigenvalue weighted by molar-refractivity contribution is 0.0995. The van der Waals surface area contributed by atoms with Gasteiger partial charge in [-0.05, 0) is 19.3 Å². The zero-order valence-electron chi connectivity index (χ0n) is 12.7. The Bertz CT molecular complexity index is 414. The molecule has 3 nitrogen and oxygen atoms in total. The summed E-state index contributed by atoms with van der Waals surface area (Å²) in [4.78, 5) is 6.25. The Balaban J connectivity index is 2.21. The molecule has 2 rings (SSSR count). The van der Waals surface area contributed by atoms with Crippen LogP contribution in [0.3, 0.4) is 0 Å². The fraction of sp³-hybridized carbons (Fsp3) is 0.800. The summed E-state index contributed by atoms with van der Waals surface area (Å²) >= 11 is 1.81. The molecule has 0 aliphatic heterocycles. The Kier molecular flexibility index (Phi) is 4.64. The quantitative estimate of drug-likeness (QED) is 0.862. The molecule has 1 aliphatic rings. The van der Waals surface area contributed by atoms with Crippen molar-refractivity contribution in [3.8, 4) is 0 Å². The molecule has 108 valence electrons. The molecule has 1 N–H and O–H groups in total. The normalized spacial score (nSPS) is 17.7. The van der Waals surface area contributed by atoms with Crippen molar-refractivity contribution in [3.63, 3.8) is 0 Å². The van der Waals surface area contributed by atoms with Crippen molar-refractivity contribution in [2.45, 2.75) is 71.1 Å². The number of ether oxygens (including phenoxy) is 1. The molecule has 1 atom stereocenters. The predicted octanol–water partition coefficient (Wildman–Crippen LogP) is 3.79. The molecule has 0 saturated heterocycles. The van der Waals surface area contributed by atoms with Gasteiger partial charge in [-0.15, -0.1) is 11.3 Å². The van der Waals surface area contributed by atoms with E-state index in [0.717, 1.165) is 24.0 Å². The minimum absolute atomic E-state index is 0.0986. The van der Waals surface area contributed by atoms with E-state index in [1.165, 1.54) is 23.4 Å². The highest BCUT2D eigenvalue weighted by atomic mass is 32.1. The standard InChI is InChI=1S/C15H26N2OS/c1-6-11(18-5)14-17-13(15(2,3)4)12(19-14)9-16-10-7-8-10/h10-11,16H,6-9H2,1-5H3. The van der Waals surface area contributed by atoms with Crippen LogP contribution >= 0.6 is 11.3 Å². The topological polar surface area (TPSA) is 34.1 Å². The summed E-state index contributed by atoms with van der Waals surface area (Å²) < 4.78 is 5.53. The largest absolute Gasteiger partial charge is 0.374 e. The van der Waals surface area contributed by atoms with E-state index in [0.29, 0.717) is 0 Å². The number of nitrogens with zero attached hydrogens (tertiary/aromatic N) is 1. The Morgan fingerprint density at radius 2 is 2.11 bits per heavy atom. The summed E-state index contributed by atoms with van der Waals surface area (Å²) in [5.74, 6) is 0. The Hall–Kier alpha value is -0.450. The molecular weight excluding hydrogens is 256 g/mol. The summed E-state index contributed by atoms with van der Waals surface area (Å²) in [5.41, 5.74) is 1.33. The van der Waals surface area contributed by atoms with Crippen molar-refractivity contribution < 1.29 is 4.74 Å². The lowest BCUT2D eigenvalue weighted by atomic mass is 9.91. The van der Waals surface area contributed by atoms with Gasteiger partial charge in [0, 0.05) is 30.0 Å². The lowest BCUT2D eigenvalue weighted by Crippen LogP contribution is -2.20. The van der Waals surface area contributed by atoms with Gasteiger partial charge >= 0.3 is 0 Å². The van der Waals surface area contributed by atoms with Crippen molar-refractivity contribution >= 4 is 11.3 Å². The van der Waals surface area contributed by atoms with Crippen LogP contribution in [0.4, 0.5) is 0 Å². The van der Waals surface area contributed by atoms with Crippen LogP contribution < -0.4 is 5.32 Å². The van der Waals surface area contributed by atoms with E-state index in [9.17, 15) is 0 Å². The van der Waals surface area contributed by atoms with Gasteiger partial charge in [-0.25, -0.2) is 4.98 Å². The first-order chi connectivity index (χ1) is 8.95. The minimum Gasteiger partial charge on any atom is -0.374 e. The second kappa shape index (κ2) is 5.90. The first-order valence-electron chi connectivity index (χ1n) is 7.22. The highest BCUT2D eigenvalue weighted by molar-refractivity contribution is 7.11. The molecule has 1 fully saturated rings. The van der Waals surface area contributed by atoms with Crippen molar-refractivity contribution in [1.29, 1.82) is 0 Å². The zero-order chi connectivity index (χ0) is 14.0. The molecule has 0 radical (unpaired) electrons. The summed E-state index contributed by atoms with van der Waals surface area (Å²) in [5, 5.41) is 4.73. The molecule has 19 heavy (non-hydrogen) atoms. The van der Waals surface area contributed by atoms with Crippen LogP contribution in [-0.2, 0) is 16.7 Å². The van der Waals surface area contributed by atoms with Crippen LogP contribution in [0, 0.1) is 0 Å². The third-order valence-corrected chi connectivity index (χ3v) is 4.63. The highest BCUT2D eigenvalue weighted by Crippen LogP contribution is 2.34. The second-order valence-corrected chi connectivity index (χ2v) is 7.48. The number of aromatic nitrogens is 1. The number of hydrogen-bond donors (Lipinski definition) is 1. The van der Waals surface area contributed by atoms with E-state index in [1.807, 2.05) is 11.3 Å². The molecule has 1 aromatic rings. The zero-order valence-corrected chi connectivity index (χ0v) is 13.6. The third-order valence-electron chi connectivity index (χ3n) is 3.48. The molecule has 4 heteroatoms. The monoisotopic (exact) mass is 282 g/mol. The van der Waals surface area contributed by atoms with Crippen LogP contribution in [-0.4, -0.2) is 18.1 Å². The Morgan fingerprint density at radius 3 is 2.58 bits per heavy atom. The Morgan fingerprint density at radius 1 is 1.42 bits per heavy atom. The molecule has 0 spiro atoms. The summed E-state index contributed by atoms with van der Waals surface area (Å²) in [6.45, 7) is 9.81. The van der Waals surface area contributed by atoms with Gasteiger partial charge in [0.25, 0.3) is 0 Å². The fourth-order valence-corrected chi connectivity index (χ4v) is 3.57. The molecule has 0 aromatic carbocycles. The van der Waals surface area contributed by atoms with E-state index in [1.54, 1.807) is 7.11 Å². The van der Waals surface area contributed by atoms with Gasteiger partial charge in [0.15, 0.2) is 0 Å². The van der Waals surface area contributed by atoms with Crippen LogP contribution in [0.5, 0.6) is 0 Å². The number of rotatable bonds is 6. The average Bonchev–Trinajstić information content (AvgIpc) is 3.07. The predicted molar refractivity (Wildman–Crippen MR) is 80.7 cm³/mol. The van der Waals surface area contributed by atoms with Gasteiger partial charge in [-0.1, -0.05) is 27.7 Å². The number of methoxy groups -OCH3 is 1. The molecule has 1 aliphatic carbocycles. The highest BCUT2D eigenvalue weighted by Gasteiger charge is 2.27. The van der Waals surface area contributed by atoms with Crippen LogP contribution in [0.1, 0.15) is 68.6 Å². The van der Waals surface area contributed by atoms with Gasteiger partial charge in [0.1, 0.15) is 11.1 Å². The van der Waals surface area contributed by atoms with E-state index in [4.69, 9.17) is 9.72 Å². The van der Waals surface area contributed by atoms with Crippen LogP contribution in [0.25, 0.3) is 0 Å². The van der Waals surface area contributed by atoms with Gasteiger partial charge in [-0.2, -0.15) is 0 Å². The smallest absolute Gasteiger partial charge is 0.122 e. The van der Waals surface area contributed by atoms with Gasteiger partial charge in [0.05, 0.1) is 5.69 Å². The van der Waals surface area contributed by atoms with E-state index in [-0.39, 0.29) is 11.5 Å². The van der Waals surface area contributed by atoms with Crippen molar-refractivity contribution in [1.82, 2.24) is 10.3 Å².